The van der Waals surface area contributed by atoms with E-state index >= 15 is 0 Å². The van der Waals surface area contributed by atoms with E-state index in [2.05, 4.69) is 24.8 Å². The van der Waals surface area contributed by atoms with Gasteiger partial charge in [0, 0.05) is 0 Å². The molecule has 0 N–H and O–H groups in total. The van der Waals surface area contributed by atoms with E-state index in [0.717, 1.165) is 29.4 Å². The van der Waals surface area contributed by atoms with Crippen molar-refractivity contribution in [1.82, 2.24) is 4.90 Å². The van der Waals surface area contributed by atoms with Crippen LogP contribution in [0.1, 0.15) is 43.2 Å². The van der Waals surface area contributed by atoms with Gasteiger partial charge in [-0.2, -0.15) is 0 Å². The summed E-state index contributed by atoms with van der Waals surface area (Å²) in [4.78, 5) is 2.58. The van der Waals surface area contributed by atoms with Crippen LogP contribution in [0, 0.1) is 13.8 Å². The molecule has 20 heavy (non-hydrogen) atoms. The molecule has 0 radical (unpaired) electrons. The molecular formula is C17H26ClNO. The second kappa shape index (κ2) is 7.90. The SMILES string of the molecule is Cc1cc(C)c(OCCCCN2CCCCC2)c(Cl)c1. The maximum atomic E-state index is 6.24. The summed E-state index contributed by atoms with van der Waals surface area (Å²) >= 11 is 6.24. The van der Waals surface area contributed by atoms with Crippen LogP contribution in [-0.4, -0.2) is 31.1 Å². The zero-order valence-electron chi connectivity index (χ0n) is 12.8. The molecule has 0 spiro atoms. The van der Waals surface area contributed by atoms with Crippen LogP contribution in [0.5, 0.6) is 5.75 Å². The number of unbranched alkanes of at least 4 members (excludes halogenated alkanes) is 1. The number of benzene rings is 1. The maximum Gasteiger partial charge on any atom is 0.140 e. The fourth-order valence-electron chi connectivity index (χ4n) is 2.88. The lowest BCUT2D eigenvalue weighted by molar-refractivity contribution is 0.216. The molecule has 1 fully saturated rings. The summed E-state index contributed by atoms with van der Waals surface area (Å²) in [6, 6.07) is 4.09. The normalized spacial score (nSPS) is 16.4. The topological polar surface area (TPSA) is 12.5 Å². The standard InChI is InChI=1S/C17H26ClNO/c1-14-12-15(2)17(16(18)13-14)20-11-7-6-10-19-8-4-3-5-9-19/h12-13H,3-11H2,1-2H3. The molecule has 1 heterocycles. The van der Waals surface area contributed by atoms with Gasteiger partial charge in [-0.15, -0.1) is 0 Å². The van der Waals surface area contributed by atoms with E-state index in [1.165, 1.54) is 50.9 Å². The van der Waals surface area contributed by atoms with Crippen molar-refractivity contribution in [2.75, 3.05) is 26.2 Å². The van der Waals surface area contributed by atoms with Gasteiger partial charge in [0.1, 0.15) is 5.75 Å². The van der Waals surface area contributed by atoms with E-state index in [-0.39, 0.29) is 0 Å². The Bertz CT molecular complexity index is 404. The average Bonchev–Trinajstić information content (AvgIpc) is 2.42. The number of hydrogen-bond acceptors (Lipinski definition) is 2. The first-order valence-corrected chi connectivity index (χ1v) is 8.16. The maximum absolute atomic E-state index is 6.24. The smallest absolute Gasteiger partial charge is 0.140 e. The fraction of sp³-hybridized carbons (Fsp3) is 0.647. The minimum atomic E-state index is 0.735. The van der Waals surface area contributed by atoms with Crippen molar-refractivity contribution in [3.63, 3.8) is 0 Å². The molecular weight excluding hydrogens is 270 g/mol. The van der Waals surface area contributed by atoms with Crippen LogP contribution in [0.15, 0.2) is 12.1 Å². The Morgan fingerprint density at radius 2 is 1.85 bits per heavy atom. The first-order valence-electron chi connectivity index (χ1n) is 7.79. The molecule has 1 aliphatic heterocycles. The number of nitrogens with zero attached hydrogens (tertiary/aromatic N) is 1. The van der Waals surface area contributed by atoms with Gasteiger partial charge in [-0.25, -0.2) is 0 Å². The van der Waals surface area contributed by atoms with Crippen LogP contribution >= 0.6 is 11.6 Å². The second-order valence-corrected chi connectivity index (χ2v) is 6.26. The summed E-state index contributed by atoms with van der Waals surface area (Å²) in [5, 5.41) is 0.735. The number of piperidine rings is 1. The fourth-order valence-corrected chi connectivity index (χ4v) is 3.26. The highest BCUT2D eigenvalue weighted by Crippen LogP contribution is 2.29. The van der Waals surface area contributed by atoms with Gasteiger partial charge in [-0.1, -0.05) is 24.1 Å². The Balaban J connectivity index is 1.68. The van der Waals surface area contributed by atoms with Crippen molar-refractivity contribution in [3.8, 4) is 5.75 Å². The molecule has 2 rings (SSSR count). The molecule has 1 aromatic carbocycles. The van der Waals surface area contributed by atoms with E-state index in [9.17, 15) is 0 Å². The van der Waals surface area contributed by atoms with Crippen LogP contribution in [0.25, 0.3) is 0 Å². The number of likely N-dealkylation sites (tertiary alicyclic amines) is 1. The summed E-state index contributed by atoms with van der Waals surface area (Å²) < 4.78 is 5.86. The van der Waals surface area contributed by atoms with Gasteiger partial charge in [-0.05, 0) is 76.4 Å². The van der Waals surface area contributed by atoms with Crippen LogP contribution in [0.3, 0.4) is 0 Å². The predicted molar refractivity (Wildman–Crippen MR) is 85.9 cm³/mol. The lowest BCUT2D eigenvalue weighted by Gasteiger charge is -2.26. The zero-order valence-corrected chi connectivity index (χ0v) is 13.5. The first-order chi connectivity index (χ1) is 9.66. The second-order valence-electron chi connectivity index (χ2n) is 5.85. The molecule has 0 atom stereocenters. The highest BCUT2D eigenvalue weighted by Gasteiger charge is 2.09. The molecule has 1 aromatic rings. The number of rotatable bonds is 6. The lowest BCUT2D eigenvalue weighted by Crippen LogP contribution is -2.30. The Kier molecular flexibility index (Phi) is 6.18. The summed E-state index contributed by atoms with van der Waals surface area (Å²) in [5.74, 6) is 0.857. The molecule has 0 aromatic heterocycles. The third-order valence-electron chi connectivity index (χ3n) is 3.94. The zero-order chi connectivity index (χ0) is 14.4. The van der Waals surface area contributed by atoms with E-state index in [4.69, 9.17) is 16.3 Å². The molecule has 0 unspecified atom stereocenters. The third kappa shape index (κ3) is 4.68. The number of ether oxygens (including phenoxy) is 1. The van der Waals surface area contributed by atoms with Gasteiger partial charge in [-0.3, -0.25) is 0 Å². The van der Waals surface area contributed by atoms with Crippen molar-refractivity contribution in [1.29, 1.82) is 0 Å². The largest absolute Gasteiger partial charge is 0.492 e. The summed E-state index contributed by atoms with van der Waals surface area (Å²) in [6.45, 7) is 8.65. The van der Waals surface area contributed by atoms with Crippen molar-refractivity contribution < 1.29 is 4.74 Å². The van der Waals surface area contributed by atoms with Gasteiger partial charge in [0.15, 0.2) is 0 Å². The van der Waals surface area contributed by atoms with Gasteiger partial charge >= 0.3 is 0 Å². The molecule has 3 heteroatoms. The van der Waals surface area contributed by atoms with Gasteiger partial charge in [0.05, 0.1) is 11.6 Å². The van der Waals surface area contributed by atoms with Crippen molar-refractivity contribution in [2.45, 2.75) is 46.0 Å². The molecule has 0 amide bonds. The van der Waals surface area contributed by atoms with E-state index < -0.39 is 0 Å². The molecule has 1 aliphatic rings. The lowest BCUT2D eigenvalue weighted by atomic mass is 10.1. The monoisotopic (exact) mass is 295 g/mol. The Hall–Kier alpha value is -0.730. The summed E-state index contributed by atoms with van der Waals surface area (Å²) in [6.07, 6.45) is 6.46. The van der Waals surface area contributed by atoms with E-state index in [1.54, 1.807) is 0 Å². The van der Waals surface area contributed by atoms with Crippen LogP contribution in [-0.2, 0) is 0 Å². The number of halogens is 1. The first kappa shape index (κ1) is 15.7. The minimum Gasteiger partial charge on any atom is -0.492 e. The molecule has 0 saturated carbocycles. The van der Waals surface area contributed by atoms with Crippen LogP contribution in [0.2, 0.25) is 5.02 Å². The molecule has 2 nitrogen and oxygen atoms in total. The Morgan fingerprint density at radius 3 is 2.55 bits per heavy atom. The summed E-state index contributed by atoms with van der Waals surface area (Å²) in [7, 11) is 0. The van der Waals surface area contributed by atoms with E-state index in [0.29, 0.717) is 0 Å². The molecule has 0 aliphatic carbocycles. The minimum absolute atomic E-state index is 0.735. The Morgan fingerprint density at radius 1 is 1.10 bits per heavy atom. The van der Waals surface area contributed by atoms with Gasteiger partial charge in [0.2, 0.25) is 0 Å². The van der Waals surface area contributed by atoms with Crippen molar-refractivity contribution in [2.24, 2.45) is 0 Å². The van der Waals surface area contributed by atoms with Crippen LogP contribution in [0.4, 0.5) is 0 Å². The van der Waals surface area contributed by atoms with Crippen molar-refractivity contribution >= 4 is 11.6 Å². The van der Waals surface area contributed by atoms with Crippen molar-refractivity contribution in [3.05, 3.63) is 28.3 Å². The molecule has 112 valence electrons. The molecule has 1 saturated heterocycles. The average molecular weight is 296 g/mol. The summed E-state index contributed by atoms with van der Waals surface area (Å²) in [5.41, 5.74) is 2.32. The van der Waals surface area contributed by atoms with Gasteiger partial charge in [0.25, 0.3) is 0 Å². The van der Waals surface area contributed by atoms with E-state index in [1.807, 2.05) is 6.07 Å². The highest BCUT2D eigenvalue weighted by molar-refractivity contribution is 6.32. The third-order valence-corrected chi connectivity index (χ3v) is 4.22. The number of hydrogen-bond donors (Lipinski definition) is 0. The quantitative estimate of drug-likeness (QED) is 0.711. The highest BCUT2D eigenvalue weighted by atomic mass is 35.5. The molecule has 0 bridgehead atoms. The predicted octanol–water partition coefficient (Wildman–Crippen LogP) is 4.60. The number of aryl methyl sites for hydroxylation is 2. The Labute approximate surface area is 128 Å². The van der Waals surface area contributed by atoms with Gasteiger partial charge < -0.3 is 9.64 Å². The van der Waals surface area contributed by atoms with Crippen LogP contribution < -0.4 is 4.74 Å².